The summed E-state index contributed by atoms with van der Waals surface area (Å²) in [6, 6.07) is 7.24. The van der Waals surface area contributed by atoms with Crippen LogP contribution in [-0.2, 0) is 0 Å². The third kappa shape index (κ3) is 3.20. The third-order valence-corrected chi connectivity index (χ3v) is 2.56. The van der Waals surface area contributed by atoms with Crippen molar-refractivity contribution in [1.29, 1.82) is 0 Å². The van der Waals surface area contributed by atoms with Gasteiger partial charge in [0.1, 0.15) is 0 Å². The van der Waals surface area contributed by atoms with Gasteiger partial charge < -0.3 is 0 Å². The molecule has 0 bridgehead atoms. The predicted octanol–water partition coefficient (Wildman–Crippen LogP) is 4.02. The van der Waals surface area contributed by atoms with E-state index in [1.165, 1.54) is 5.01 Å². The van der Waals surface area contributed by atoms with Crippen molar-refractivity contribution in [2.24, 2.45) is 5.29 Å². The maximum atomic E-state index is 10.7. The normalized spacial score (nSPS) is 12.2. The van der Waals surface area contributed by atoms with Gasteiger partial charge in [-0.2, -0.15) is 0 Å². The molecule has 1 unspecified atom stereocenters. The Morgan fingerprint density at radius 1 is 1.40 bits per heavy atom. The second-order valence-electron chi connectivity index (χ2n) is 3.54. The van der Waals surface area contributed by atoms with Gasteiger partial charge in [-0.25, -0.2) is 5.01 Å². The molecule has 1 rings (SSSR count). The molecule has 0 N–H and O–H groups in total. The van der Waals surface area contributed by atoms with E-state index in [1.807, 2.05) is 6.92 Å². The molecule has 0 spiro atoms. The van der Waals surface area contributed by atoms with Crippen molar-refractivity contribution in [1.82, 2.24) is 0 Å². The Morgan fingerprint density at radius 2 is 2.00 bits per heavy atom. The van der Waals surface area contributed by atoms with Gasteiger partial charge in [-0.05, 0) is 37.6 Å². The van der Waals surface area contributed by atoms with E-state index in [0.717, 1.165) is 18.5 Å². The fraction of sp³-hybridized carbons (Fsp3) is 0.455. The summed E-state index contributed by atoms with van der Waals surface area (Å²) < 4.78 is 0. The lowest BCUT2D eigenvalue weighted by Crippen LogP contribution is -2.26. The molecule has 0 aliphatic carbocycles. The second kappa shape index (κ2) is 5.71. The van der Waals surface area contributed by atoms with E-state index in [4.69, 9.17) is 11.6 Å². The summed E-state index contributed by atoms with van der Waals surface area (Å²) in [5, 5.41) is 5.19. The van der Waals surface area contributed by atoms with Crippen LogP contribution in [0.1, 0.15) is 26.7 Å². The van der Waals surface area contributed by atoms with Crippen LogP contribution in [0.5, 0.6) is 0 Å². The van der Waals surface area contributed by atoms with Gasteiger partial charge in [-0.3, -0.25) is 0 Å². The number of nitroso groups, excluding NO2 is 1. The van der Waals surface area contributed by atoms with Gasteiger partial charge in [0.25, 0.3) is 0 Å². The molecule has 0 aliphatic rings. The zero-order valence-electron chi connectivity index (χ0n) is 8.98. The summed E-state index contributed by atoms with van der Waals surface area (Å²) in [7, 11) is 0. The van der Waals surface area contributed by atoms with E-state index >= 15 is 0 Å². The summed E-state index contributed by atoms with van der Waals surface area (Å²) in [6.45, 7) is 4.07. The molecule has 0 heterocycles. The number of nitrogens with zero attached hydrogens (tertiary/aromatic N) is 2. The highest BCUT2D eigenvalue weighted by atomic mass is 35.5. The highest BCUT2D eigenvalue weighted by molar-refractivity contribution is 6.30. The Balaban J connectivity index is 2.82. The average molecular weight is 227 g/mol. The highest BCUT2D eigenvalue weighted by Gasteiger charge is 2.13. The Hall–Kier alpha value is -1.09. The first kappa shape index (κ1) is 12.0. The lowest BCUT2D eigenvalue weighted by molar-refractivity contribution is 0.592. The lowest BCUT2D eigenvalue weighted by atomic mass is 10.1. The summed E-state index contributed by atoms with van der Waals surface area (Å²) >= 11 is 5.77. The van der Waals surface area contributed by atoms with E-state index < -0.39 is 0 Å². The predicted molar refractivity (Wildman–Crippen MR) is 64.1 cm³/mol. The van der Waals surface area contributed by atoms with Crippen molar-refractivity contribution in [2.75, 3.05) is 5.01 Å². The van der Waals surface area contributed by atoms with Crippen LogP contribution in [0.15, 0.2) is 29.6 Å². The summed E-state index contributed by atoms with van der Waals surface area (Å²) in [5.41, 5.74) is 0.787. The molecule has 1 atom stereocenters. The topological polar surface area (TPSA) is 32.7 Å². The van der Waals surface area contributed by atoms with Crippen LogP contribution in [0.25, 0.3) is 0 Å². The van der Waals surface area contributed by atoms with Gasteiger partial charge in [0.2, 0.25) is 0 Å². The minimum atomic E-state index is 0.119. The molecule has 0 amide bonds. The summed E-state index contributed by atoms with van der Waals surface area (Å²) in [5.74, 6) is 0. The van der Waals surface area contributed by atoms with Crippen LogP contribution in [-0.4, -0.2) is 6.04 Å². The second-order valence-corrected chi connectivity index (χ2v) is 3.98. The molecule has 0 saturated carbocycles. The highest BCUT2D eigenvalue weighted by Crippen LogP contribution is 2.21. The molecule has 1 aromatic carbocycles. The van der Waals surface area contributed by atoms with Gasteiger partial charge in [0.15, 0.2) is 0 Å². The smallest absolute Gasteiger partial charge is 0.0630 e. The number of hydrogen-bond donors (Lipinski definition) is 0. The third-order valence-electron chi connectivity index (χ3n) is 2.30. The zero-order chi connectivity index (χ0) is 11.3. The minimum Gasteiger partial charge on any atom is -0.227 e. The lowest BCUT2D eigenvalue weighted by Gasteiger charge is -2.22. The van der Waals surface area contributed by atoms with E-state index in [-0.39, 0.29) is 6.04 Å². The van der Waals surface area contributed by atoms with Crippen molar-refractivity contribution in [3.05, 3.63) is 34.2 Å². The van der Waals surface area contributed by atoms with Crippen molar-refractivity contribution in [3.8, 4) is 0 Å². The first-order valence-electron chi connectivity index (χ1n) is 5.07. The number of hydrogen-bond acceptors (Lipinski definition) is 2. The average Bonchev–Trinajstić information content (AvgIpc) is 2.22. The molecular formula is C11H15ClN2O. The van der Waals surface area contributed by atoms with Gasteiger partial charge in [0, 0.05) is 5.02 Å². The molecule has 82 valence electrons. The number of rotatable bonds is 5. The van der Waals surface area contributed by atoms with E-state index in [1.54, 1.807) is 24.3 Å². The Morgan fingerprint density at radius 3 is 2.47 bits per heavy atom. The van der Waals surface area contributed by atoms with Crippen LogP contribution >= 0.6 is 11.6 Å². The Labute approximate surface area is 95.0 Å². The van der Waals surface area contributed by atoms with Crippen molar-refractivity contribution in [2.45, 2.75) is 32.7 Å². The van der Waals surface area contributed by atoms with E-state index in [2.05, 4.69) is 12.2 Å². The van der Waals surface area contributed by atoms with E-state index in [9.17, 15) is 4.91 Å². The monoisotopic (exact) mass is 226 g/mol. The van der Waals surface area contributed by atoms with Gasteiger partial charge in [-0.15, -0.1) is 4.91 Å². The summed E-state index contributed by atoms with van der Waals surface area (Å²) in [6.07, 6.45) is 1.97. The molecule has 0 fully saturated rings. The van der Waals surface area contributed by atoms with Crippen LogP contribution in [0.2, 0.25) is 5.02 Å². The number of anilines is 1. The molecule has 15 heavy (non-hydrogen) atoms. The SMILES string of the molecule is CCCC(C)N(N=O)c1ccc(Cl)cc1. The number of benzene rings is 1. The fourth-order valence-electron chi connectivity index (χ4n) is 1.52. The Bertz CT molecular complexity index is 313. The maximum Gasteiger partial charge on any atom is 0.0630 e. The van der Waals surface area contributed by atoms with Crippen molar-refractivity contribution < 1.29 is 0 Å². The molecule has 0 aliphatic heterocycles. The molecule has 1 aromatic rings. The summed E-state index contributed by atoms with van der Waals surface area (Å²) in [4.78, 5) is 10.7. The van der Waals surface area contributed by atoms with Gasteiger partial charge in [-0.1, -0.05) is 24.9 Å². The molecule has 0 radical (unpaired) electrons. The van der Waals surface area contributed by atoms with Crippen LogP contribution < -0.4 is 5.01 Å². The molecular weight excluding hydrogens is 212 g/mol. The molecule has 0 saturated heterocycles. The first-order chi connectivity index (χ1) is 7.19. The quantitative estimate of drug-likeness (QED) is 0.561. The molecule has 3 nitrogen and oxygen atoms in total. The van der Waals surface area contributed by atoms with Crippen molar-refractivity contribution >= 4 is 17.3 Å². The van der Waals surface area contributed by atoms with Crippen molar-refractivity contribution in [3.63, 3.8) is 0 Å². The fourth-order valence-corrected chi connectivity index (χ4v) is 1.64. The molecule has 4 heteroatoms. The molecule has 0 aromatic heterocycles. The van der Waals surface area contributed by atoms with Crippen LogP contribution in [0.3, 0.4) is 0 Å². The maximum absolute atomic E-state index is 10.7. The zero-order valence-corrected chi connectivity index (χ0v) is 9.74. The van der Waals surface area contributed by atoms with Gasteiger partial charge >= 0.3 is 0 Å². The number of halogens is 1. The van der Waals surface area contributed by atoms with Crippen LogP contribution in [0, 0.1) is 4.91 Å². The Kier molecular flexibility index (Phi) is 4.56. The minimum absolute atomic E-state index is 0.119. The first-order valence-corrected chi connectivity index (χ1v) is 5.45. The van der Waals surface area contributed by atoms with Gasteiger partial charge in [0.05, 0.1) is 17.0 Å². The largest absolute Gasteiger partial charge is 0.227 e. The standard InChI is InChI=1S/C11H15ClN2O/c1-3-4-9(2)14(13-15)11-7-5-10(12)6-8-11/h5-9H,3-4H2,1-2H3. The van der Waals surface area contributed by atoms with E-state index in [0.29, 0.717) is 5.02 Å². The van der Waals surface area contributed by atoms with Crippen LogP contribution in [0.4, 0.5) is 5.69 Å².